The van der Waals surface area contributed by atoms with Crippen molar-refractivity contribution < 1.29 is 19.1 Å². The van der Waals surface area contributed by atoms with Gasteiger partial charge in [0.15, 0.2) is 5.69 Å². The Kier molecular flexibility index (Phi) is 7.65. The first kappa shape index (κ1) is 23.1. The van der Waals surface area contributed by atoms with Gasteiger partial charge in [-0.3, -0.25) is 4.79 Å². The number of esters is 1. The van der Waals surface area contributed by atoms with Crippen LogP contribution in [-0.4, -0.2) is 35.4 Å². The maximum atomic E-state index is 12.5. The summed E-state index contributed by atoms with van der Waals surface area (Å²) in [7, 11) is 1.59. The maximum Gasteiger partial charge on any atom is 0.358 e. The van der Waals surface area contributed by atoms with E-state index in [1.165, 1.54) is 0 Å². The van der Waals surface area contributed by atoms with Gasteiger partial charge in [-0.25, -0.2) is 9.48 Å². The van der Waals surface area contributed by atoms with Gasteiger partial charge >= 0.3 is 5.97 Å². The van der Waals surface area contributed by atoms with Crippen molar-refractivity contribution in [1.82, 2.24) is 9.78 Å². The highest BCUT2D eigenvalue weighted by Gasteiger charge is 2.20. The Bertz CT molecular complexity index is 1090. The maximum absolute atomic E-state index is 12.5. The van der Waals surface area contributed by atoms with E-state index in [1.54, 1.807) is 24.8 Å². The zero-order valence-electron chi connectivity index (χ0n) is 18.9. The van der Waals surface area contributed by atoms with Gasteiger partial charge in [0.2, 0.25) is 5.91 Å². The van der Waals surface area contributed by atoms with Gasteiger partial charge in [-0.1, -0.05) is 44.5 Å². The molecule has 7 nitrogen and oxygen atoms in total. The predicted octanol–water partition coefficient (Wildman–Crippen LogP) is 5.10. The number of aromatic nitrogens is 2. The fraction of sp³-hybridized carbons (Fsp3) is 0.320. The molecule has 7 heteroatoms. The van der Waals surface area contributed by atoms with Crippen LogP contribution in [0.1, 0.15) is 44.1 Å². The molecule has 1 atom stereocenters. The Balaban J connectivity index is 2.05. The summed E-state index contributed by atoms with van der Waals surface area (Å²) in [4.78, 5) is 24.9. The van der Waals surface area contributed by atoms with Crippen LogP contribution >= 0.6 is 0 Å². The van der Waals surface area contributed by atoms with Crippen LogP contribution in [0.4, 0.5) is 5.69 Å². The zero-order valence-corrected chi connectivity index (χ0v) is 18.9. The predicted molar refractivity (Wildman–Crippen MR) is 124 cm³/mol. The van der Waals surface area contributed by atoms with E-state index in [2.05, 4.69) is 17.3 Å². The molecule has 0 bridgehead atoms. The zero-order chi connectivity index (χ0) is 23.1. The number of methoxy groups -OCH3 is 1. The lowest BCUT2D eigenvalue weighted by Crippen LogP contribution is -2.20. The van der Waals surface area contributed by atoms with Crippen LogP contribution in [0.15, 0.2) is 54.6 Å². The highest BCUT2D eigenvalue weighted by Crippen LogP contribution is 2.30. The summed E-state index contributed by atoms with van der Waals surface area (Å²) in [5, 5.41) is 7.49. The molecule has 0 unspecified atom stereocenters. The first-order chi connectivity index (χ1) is 15.5. The van der Waals surface area contributed by atoms with Crippen LogP contribution in [0.2, 0.25) is 0 Å². The highest BCUT2D eigenvalue weighted by atomic mass is 16.5. The lowest BCUT2D eigenvalue weighted by molar-refractivity contribution is -0.119. The third-order valence-electron chi connectivity index (χ3n) is 5.10. The Labute approximate surface area is 188 Å². The van der Waals surface area contributed by atoms with Crippen LogP contribution in [0.5, 0.6) is 5.75 Å². The average molecular weight is 436 g/mol. The molecule has 3 aromatic rings. The number of benzene rings is 2. The lowest BCUT2D eigenvalue weighted by Gasteiger charge is -2.14. The summed E-state index contributed by atoms with van der Waals surface area (Å²) in [6.45, 7) is 5.99. The molecule has 32 heavy (non-hydrogen) atoms. The summed E-state index contributed by atoms with van der Waals surface area (Å²) in [5.41, 5.74) is 3.03. The summed E-state index contributed by atoms with van der Waals surface area (Å²) in [6.07, 6.45) is 1.78. The number of nitrogens with one attached hydrogen (secondary N) is 1. The van der Waals surface area contributed by atoms with Gasteiger partial charge in [-0.05, 0) is 43.7 Å². The summed E-state index contributed by atoms with van der Waals surface area (Å²) in [5.74, 6) is 0.0259. The van der Waals surface area contributed by atoms with Crippen molar-refractivity contribution in [2.45, 2.75) is 33.6 Å². The molecule has 1 heterocycles. The van der Waals surface area contributed by atoms with Crippen LogP contribution in [0.3, 0.4) is 0 Å². The van der Waals surface area contributed by atoms with E-state index in [1.807, 2.05) is 55.5 Å². The first-order valence-corrected chi connectivity index (χ1v) is 10.8. The lowest BCUT2D eigenvalue weighted by atomic mass is 10.0. The van der Waals surface area contributed by atoms with E-state index in [0.717, 1.165) is 18.4 Å². The summed E-state index contributed by atoms with van der Waals surface area (Å²) in [6, 6.07) is 16.6. The quantitative estimate of drug-likeness (QED) is 0.473. The second kappa shape index (κ2) is 10.6. The van der Waals surface area contributed by atoms with Gasteiger partial charge in [-0.2, -0.15) is 5.10 Å². The number of anilines is 1. The van der Waals surface area contributed by atoms with E-state index < -0.39 is 5.97 Å². The number of carbonyl (C=O) groups is 2. The third-order valence-corrected chi connectivity index (χ3v) is 5.10. The molecule has 2 aromatic carbocycles. The van der Waals surface area contributed by atoms with Crippen molar-refractivity contribution in [3.05, 3.63) is 60.3 Å². The van der Waals surface area contributed by atoms with Gasteiger partial charge in [0.05, 0.1) is 19.4 Å². The molecule has 0 saturated carbocycles. The Morgan fingerprint density at radius 2 is 1.88 bits per heavy atom. The van der Waals surface area contributed by atoms with Crippen molar-refractivity contribution in [2.75, 3.05) is 19.0 Å². The largest absolute Gasteiger partial charge is 0.494 e. The molecular weight excluding hydrogens is 406 g/mol. The minimum absolute atomic E-state index is 0.0190. The Morgan fingerprint density at radius 3 is 2.59 bits per heavy atom. The van der Waals surface area contributed by atoms with E-state index in [0.29, 0.717) is 22.8 Å². The fourth-order valence-corrected chi connectivity index (χ4v) is 3.47. The number of ether oxygens (including phenoxy) is 2. The number of hydrogen-bond acceptors (Lipinski definition) is 5. The average Bonchev–Trinajstić information content (AvgIpc) is 3.25. The molecule has 0 radical (unpaired) electrons. The van der Waals surface area contributed by atoms with Crippen molar-refractivity contribution >= 4 is 17.6 Å². The van der Waals surface area contributed by atoms with Crippen molar-refractivity contribution in [3.63, 3.8) is 0 Å². The SMILES string of the molecule is CCC[C@H](C)C(=O)Nc1cccc(-c2cc(C(=O)OCC)nn2-c2ccccc2OC)c1. The van der Waals surface area contributed by atoms with Crippen LogP contribution < -0.4 is 10.1 Å². The van der Waals surface area contributed by atoms with Gasteiger partial charge < -0.3 is 14.8 Å². The smallest absolute Gasteiger partial charge is 0.358 e. The number of para-hydroxylation sites is 2. The molecule has 1 aromatic heterocycles. The van der Waals surface area contributed by atoms with Gasteiger partial charge in [0.1, 0.15) is 11.4 Å². The molecule has 0 saturated heterocycles. The molecule has 0 aliphatic rings. The monoisotopic (exact) mass is 435 g/mol. The topological polar surface area (TPSA) is 82.5 Å². The van der Waals surface area contributed by atoms with Crippen LogP contribution in [0, 0.1) is 5.92 Å². The van der Waals surface area contributed by atoms with Crippen molar-refractivity contribution in [3.8, 4) is 22.7 Å². The second-order valence-electron chi connectivity index (χ2n) is 7.48. The molecule has 3 rings (SSSR count). The molecule has 0 spiro atoms. The molecular formula is C25H29N3O4. The van der Waals surface area contributed by atoms with Crippen molar-refractivity contribution in [1.29, 1.82) is 0 Å². The fourth-order valence-electron chi connectivity index (χ4n) is 3.47. The molecule has 0 fully saturated rings. The number of amides is 1. The Hall–Kier alpha value is -3.61. The summed E-state index contributed by atoms with van der Waals surface area (Å²) < 4.78 is 12.3. The van der Waals surface area contributed by atoms with Gasteiger partial charge in [0, 0.05) is 17.2 Å². The number of nitrogens with zero attached hydrogens (tertiary/aromatic N) is 2. The van der Waals surface area contributed by atoms with E-state index >= 15 is 0 Å². The van der Waals surface area contributed by atoms with Crippen molar-refractivity contribution in [2.24, 2.45) is 5.92 Å². The van der Waals surface area contributed by atoms with Crippen LogP contribution in [-0.2, 0) is 9.53 Å². The molecule has 1 amide bonds. The van der Waals surface area contributed by atoms with E-state index in [4.69, 9.17) is 9.47 Å². The minimum atomic E-state index is -0.500. The third kappa shape index (κ3) is 5.17. The normalized spacial score (nSPS) is 11.6. The molecule has 0 aliphatic heterocycles. The molecule has 1 N–H and O–H groups in total. The first-order valence-electron chi connectivity index (χ1n) is 10.8. The van der Waals surface area contributed by atoms with Gasteiger partial charge in [0.25, 0.3) is 0 Å². The highest BCUT2D eigenvalue weighted by molar-refractivity contribution is 5.93. The standard InChI is InChI=1S/C25H29N3O4/c1-5-10-17(3)24(29)26-19-12-9-11-18(15-19)22-16-20(25(30)32-6-2)27-28(22)21-13-7-8-14-23(21)31-4/h7-9,11-17H,5-6,10H2,1-4H3,(H,26,29)/t17-/m0/s1. The summed E-state index contributed by atoms with van der Waals surface area (Å²) >= 11 is 0. The second-order valence-corrected chi connectivity index (χ2v) is 7.48. The Morgan fingerprint density at radius 1 is 1.09 bits per heavy atom. The van der Waals surface area contributed by atoms with E-state index in [9.17, 15) is 9.59 Å². The van der Waals surface area contributed by atoms with Crippen LogP contribution in [0.25, 0.3) is 16.9 Å². The minimum Gasteiger partial charge on any atom is -0.494 e. The molecule has 0 aliphatic carbocycles. The van der Waals surface area contributed by atoms with E-state index in [-0.39, 0.29) is 24.1 Å². The number of carbonyl (C=O) groups excluding carboxylic acids is 2. The number of hydrogen-bond donors (Lipinski definition) is 1. The van der Waals surface area contributed by atoms with Gasteiger partial charge in [-0.15, -0.1) is 0 Å². The molecule has 168 valence electrons. The number of rotatable bonds is 9.